The summed E-state index contributed by atoms with van der Waals surface area (Å²) in [5.74, 6) is 1.43. The summed E-state index contributed by atoms with van der Waals surface area (Å²) in [6.45, 7) is 8.59. The van der Waals surface area contributed by atoms with Crippen molar-refractivity contribution >= 4 is 17.5 Å². The van der Waals surface area contributed by atoms with Crippen LogP contribution in [-0.2, 0) is 4.79 Å². The lowest BCUT2D eigenvalue weighted by Gasteiger charge is -2.21. The lowest BCUT2D eigenvalue weighted by atomic mass is 9.87. The predicted octanol–water partition coefficient (Wildman–Crippen LogP) is 5.68. The Morgan fingerprint density at radius 1 is 1.14 bits per heavy atom. The Kier molecular flexibility index (Phi) is 6.50. The van der Waals surface area contributed by atoms with Crippen molar-refractivity contribution in [1.29, 1.82) is 0 Å². The monoisotopic (exact) mass is 314 g/mol. The van der Waals surface area contributed by atoms with Crippen molar-refractivity contribution in [2.75, 3.05) is 0 Å². The largest absolute Gasteiger partial charge is 0.298 e. The average Bonchev–Trinajstić information content (AvgIpc) is 2.51. The lowest BCUT2D eigenvalue weighted by molar-refractivity contribution is -0.118. The summed E-state index contributed by atoms with van der Waals surface area (Å²) >= 11 is 1.71. The molecule has 0 heterocycles. The van der Waals surface area contributed by atoms with E-state index in [2.05, 4.69) is 44.7 Å². The quantitative estimate of drug-likeness (QED) is 0.714. The van der Waals surface area contributed by atoms with Gasteiger partial charge in [-0.15, -0.1) is 11.8 Å². The summed E-state index contributed by atoms with van der Waals surface area (Å²) in [5, 5.41) is 0.0541. The second kappa shape index (κ2) is 8.38. The van der Waals surface area contributed by atoms with Crippen molar-refractivity contribution in [3.63, 3.8) is 0 Å². The summed E-state index contributed by atoms with van der Waals surface area (Å²) in [6.07, 6.45) is 7.84. The molecule has 2 rings (SSSR count). The van der Waals surface area contributed by atoms with E-state index in [1.165, 1.54) is 4.90 Å². The molecular weight excluding hydrogens is 288 g/mol. The van der Waals surface area contributed by atoms with Crippen LogP contribution < -0.4 is 0 Å². The standard InChI is InChI=1S/C20H26OS/c1-15(2)17-11-9-16(3)10-14-20(19(21)13-12-17)22-18-7-5-4-6-8-18/h4-9,11,15,17,20H,3,10,12-14H2,1-2H3/t17-,20?/m0/s1. The molecule has 1 aliphatic carbocycles. The number of carbonyl (C=O) groups is 1. The molecule has 0 bridgehead atoms. The van der Waals surface area contributed by atoms with E-state index in [-0.39, 0.29) is 5.25 Å². The highest BCUT2D eigenvalue weighted by Crippen LogP contribution is 2.31. The molecule has 0 saturated carbocycles. The third-order valence-electron chi connectivity index (χ3n) is 4.27. The van der Waals surface area contributed by atoms with Crippen LogP contribution in [0.15, 0.2) is 59.5 Å². The minimum absolute atomic E-state index is 0.0541. The van der Waals surface area contributed by atoms with Crippen molar-refractivity contribution in [2.45, 2.75) is 49.7 Å². The summed E-state index contributed by atoms with van der Waals surface area (Å²) in [6, 6.07) is 10.2. The first-order valence-corrected chi connectivity index (χ1v) is 9.04. The van der Waals surface area contributed by atoms with Gasteiger partial charge in [0.1, 0.15) is 5.78 Å². The molecule has 22 heavy (non-hydrogen) atoms. The lowest BCUT2D eigenvalue weighted by Crippen LogP contribution is -2.20. The number of benzene rings is 1. The number of ketones is 1. The van der Waals surface area contributed by atoms with Crippen LogP contribution in [0.25, 0.3) is 0 Å². The fraction of sp³-hybridized carbons (Fsp3) is 0.450. The van der Waals surface area contributed by atoms with E-state index in [1.807, 2.05) is 18.2 Å². The first kappa shape index (κ1) is 17.1. The molecule has 118 valence electrons. The van der Waals surface area contributed by atoms with Gasteiger partial charge in [-0.25, -0.2) is 0 Å². The number of Topliss-reactive ketones (excluding diaryl/α,β-unsaturated/α-hetero) is 1. The molecule has 0 fully saturated rings. The third-order valence-corrected chi connectivity index (χ3v) is 5.60. The Hall–Kier alpha value is -1.28. The van der Waals surface area contributed by atoms with Crippen molar-refractivity contribution in [3.8, 4) is 0 Å². The van der Waals surface area contributed by atoms with Crippen LogP contribution in [-0.4, -0.2) is 11.0 Å². The zero-order valence-electron chi connectivity index (χ0n) is 13.6. The Labute approximate surface area is 138 Å². The van der Waals surface area contributed by atoms with E-state index in [9.17, 15) is 4.79 Å². The van der Waals surface area contributed by atoms with Crippen LogP contribution in [0.3, 0.4) is 0 Å². The van der Waals surface area contributed by atoms with E-state index < -0.39 is 0 Å². The smallest absolute Gasteiger partial charge is 0.146 e. The molecule has 0 aromatic heterocycles. The van der Waals surface area contributed by atoms with Crippen LogP contribution >= 0.6 is 11.8 Å². The SMILES string of the molecule is C=C1C=C[C@H](C(C)C)CCC(=O)C(Sc2ccccc2)CC1. The second-order valence-electron chi connectivity index (χ2n) is 6.39. The molecular formula is C20H26OS. The maximum atomic E-state index is 12.6. The maximum Gasteiger partial charge on any atom is 0.146 e. The van der Waals surface area contributed by atoms with E-state index >= 15 is 0 Å². The van der Waals surface area contributed by atoms with Crippen molar-refractivity contribution in [3.05, 3.63) is 54.6 Å². The van der Waals surface area contributed by atoms with Crippen LogP contribution in [0.5, 0.6) is 0 Å². The molecule has 0 spiro atoms. The second-order valence-corrected chi connectivity index (χ2v) is 7.66. The molecule has 2 heteroatoms. The molecule has 1 aliphatic rings. The highest BCUT2D eigenvalue weighted by molar-refractivity contribution is 8.00. The Balaban J connectivity index is 2.10. The molecule has 1 nitrogen and oxygen atoms in total. The number of hydrogen-bond acceptors (Lipinski definition) is 2. The number of carbonyl (C=O) groups excluding carboxylic acids is 1. The van der Waals surface area contributed by atoms with Gasteiger partial charge in [-0.1, -0.05) is 56.4 Å². The highest BCUT2D eigenvalue weighted by atomic mass is 32.2. The Morgan fingerprint density at radius 3 is 2.55 bits per heavy atom. The minimum atomic E-state index is 0.0541. The molecule has 0 N–H and O–H groups in total. The van der Waals surface area contributed by atoms with Gasteiger partial charge in [-0.2, -0.15) is 0 Å². The van der Waals surface area contributed by atoms with E-state index in [1.54, 1.807) is 11.8 Å². The Morgan fingerprint density at radius 2 is 1.86 bits per heavy atom. The van der Waals surface area contributed by atoms with Crippen molar-refractivity contribution < 1.29 is 4.79 Å². The number of rotatable bonds is 3. The van der Waals surface area contributed by atoms with Gasteiger partial charge < -0.3 is 0 Å². The van der Waals surface area contributed by atoms with Gasteiger partial charge in [-0.3, -0.25) is 4.79 Å². The van der Waals surface area contributed by atoms with E-state index in [0.717, 1.165) is 24.8 Å². The zero-order chi connectivity index (χ0) is 15.9. The Bertz CT molecular complexity index is 530. The number of thioether (sulfide) groups is 1. The van der Waals surface area contributed by atoms with Gasteiger partial charge in [0, 0.05) is 11.3 Å². The molecule has 2 atom stereocenters. The highest BCUT2D eigenvalue weighted by Gasteiger charge is 2.22. The van der Waals surface area contributed by atoms with Crippen molar-refractivity contribution in [1.82, 2.24) is 0 Å². The molecule has 0 saturated heterocycles. The maximum absolute atomic E-state index is 12.6. The van der Waals surface area contributed by atoms with Crippen LogP contribution in [0, 0.1) is 11.8 Å². The number of hydrogen-bond donors (Lipinski definition) is 0. The summed E-state index contributed by atoms with van der Waals surface area (Å²) in [5.41, 5.74) is 1.14. The van der Waals surface area contributed by atoms with Gasteiger partial charge in [0.05, 0.1) is 5.25 Å². The fourth-order valence-electron chi connectivity index (χ4n) is 2.73. The first-order valence-electron chi connectivity index (χ1n) is 8.16. The van der Waals surface area contributed by atoms with Gasteiger partial charge >= 0.3 is 0 Å². The molecule has 1 aromatic carbocycles. The summed E-state index contributed by atoms with van der Waals surface area (Å²) in [7, 11) is 0. The third kappa shape index (κ3) is 5.17. The zero-order valence-corrected chi connectivity index (χ0v) is 14.4. The van der Waals surface area contributed by atoms with Gasteiger partial charge in [0.25, 0.3) is 0 Å². The van der Waals surface area contributed by atoms with Crippen LogP contribution in [0.4, 0.5) is 0 Å². The van der Waals surface area contributed by atoms with Crippen LogP contribution in [0.1, 0.15) is 39.5 Å². The first-order chi connectivity index (χ1) is 10.6. The fourth-order valence-corrected chi connectivity index (χ4v) is 3.86. The summed E-state index contributed by atoms with van der Waals surface area (Å²) < 4.78 is 0. The molecule has 1 unspecified atom stereocenters. The molecule has 1 aromatic rings. The normalized spacial score (nSPS) is 23.8. The topological polar surface area (TPSA) is 17.1 Å². The van der Waals surface area contributed by atoms with E-state index in [0.29, 0.717) is 24.0 Å². The van der Waals surface area contributed by atoms with Gasteiger partial charge in [0.15, 0.2) is 0 Å². The average molecular weight is 314 g/mol. The molecule has 0 amide bonds. The molecule has 0 radical (unpaired) electrons. The predicted molar refractivity (Wildman–Crippen MR) is 96.2 cm³/mol. The van der Waals surface area contributed by atoms with Crippen molar-refractivity contribution in [2.24, 2.45) is 11.8 Å². The minimum Gasteiger partial charge on any atom is -0.298 e. The van der Waals surface area contributed by atoms with Gasteiger partial charge in [-0.05, 0) is 43.2 Å². The van der Waals surface area contributed by atoms with Gasteiger partial charge in [0.2, 0.25) is 0 Å². The molecule has 0 aliphatic heterocycles. The van der Waals surface area contributed by atoms with E-state index in [4.69, 9.17) is 0 Å². The van der Waals surface area contributed by atoms with Crippen LogP contribution in [0.2, 0.25) is 0 Å². The summed E-state index contributed by atoms with van der Waals surface area (Å²) in [4.78, 5) is 13.8. The number of allylic oxidation sites excluding steroid dienone is 3.